The van der Waals surface area contributed by atoms with Crippen molar-refractivity contribution in [2.24, 2.45) is 5.92 Å². The Balaban J connectivity index is 1.72. The fourth-order valence-electron chi connectivity index (χ4n) is 2.53. The summed E-state index contributed by atoms with van der Waals surface area (Å²) in [5.41, 5.74) is 1.88. The SMILES string of the molecule is O=C(Cc1ccc(F)cc1Br)C1COc2ccccc2C1. The molecule has 1 aliphatic heterocycles. The number of Topliss-reactive ketones (excluding diaryl/α,β-unsaturated/α-hetero) is 1. The Morgan fingerprint density at radius 3 is 2.90 bits per heavy atom. The molecule has 0 N–H and O–H groups in total. The number of para-hydroxylation sites is 1. The van der Waals surface area contributed by atoms with Crippen LogP contribution in [0.4, 0.5) is 4.39 Å². The van der Waals surface area contributed by atoms with Crippen molar-refractivity contribution in [3.63, 3.8) is 0 Å². The van der Waals surface area contributed by atoms with Crippen molar-refractivity contribution in [2.45, 2.75) is 12.8 Å². The maximum Gasteiger partial charge on any atom is 0.144 e. The highest BCUT2D eigenvalue weighted by Gasteiger charge is 2.26. The van der Waals surface area contributed by atoms with Crippen LogP contribution in [0.5, 0.6) is 5.75 Å². The Morgan fingerprint density at radius 2 is 2.10 bits per heavy atom. The van der Waals surface area contributed by atoms with Crippen LogP contribution in [0.15, 0.2) is 46.9 Å². The van der Waals surface area contributed by atoms with Crippen LogP contribution < -0.4 is 4.74 Å². The van der Waals surface area contributed by atoms with Gasteiger partial charge in [0.05, 0.1) is 12.5 Å². The van der Waals surface area contributed by atoms with Crippen LogP contribution in [0.3, 0.4) is 0 Å². The van der Waals surface area contributed by atoms with E-state index in [1.165, 1.54) is 12.1 Å². The molecule has 4 heteroatoms. The summed E-state index contributed by atoms with van der Waals surface area (Å²) in [4.78, 5) is 12.4. The van der Waals surface area contributed by atoms with E-state index < -0.39 is 0 Å². The van der Waals surface area contributed by atoms with E-state index >= 15 is 0 Å². The lowest BCUT2D eigenvalue weighted by Gasteiger charge is -2.24. The molecule has 3 rings (SSSR count). The quantitative estimate of drug-likeness (QED) is 0.839. The number of rotatable bonds is 3. The summed E-state index contributed by atoms with van der Waals surface area (Å²) in [5.74, 6) is 0.533. The zero-order valence-electron chi connectivity index (χ0n) is 11.3. The molecule has 2 aromatic carbocycles. The largest absolute Gasteiger partial charge is 0.493 e. The number of hydrogen-bond donors (Lipinski definition) is 0. The zero-order chi connectivity index (χ0) is 14.8. The summed E-state index contributed by atoms with van der Waals surface area (Å²) in [7, 11) is 0. The van der Waals surface area contributed by atoms with Gasteiger partial charge in [0.2, 0.25) is 0 Å². The maximum absolute atomic E-state index is 13.1. The van der Waals surface area contributed by atoms with Crippen molar-refractivity contribution in [1.29, 1.82) is 0 Å². The fourth-order valence-corrected chi connectivity index (χ4v) is 3.02. The number of benzene rings is 2. The lowest BCUT2D eigenvalue weighted by atomic mass is 9.90. The smallest absolute Gasteiger partial charge is 0.144 e. The lowest BCUT2D eigenvalue weighted by molar-refractivity contribution is -0.123. The van der Waals surface area contributed by atoms with E-state index in [-0.39, 0.29) is 23.9 Å². The second kappa shape index (κ2) is 5.98. The number of ether oxygens (including phenoxy) is 1. The van der Waals surface area contributed by atoms with Crippen LogP contribution >= 0.6 is 15.9 Å². The third kappa shape index (κ3) is 3.16. The van der Waals surface area contributed by atoms with Gasteiger partial charge < -0.3 is 4.74 Å². The van der Waals surface area contributed by atoms with E-state index in [1.54, 1.807) is 6.07 Å². The molecule has 1 heterocycles. The molecule has 1 atom stereocenters. The third-order valence-corrected chi connectivity index (χ3v) is 4.45. The second-order valence-electron chi connectivity index (χ2n) is 5.20. The van der Waals surface area contributed by atoms with Crippen LogP contribution in [-0.4, -0.2) is 12.4 Å². The summed E-state index contributed by atoms with van der Waals surface area (Å²) in [6.07, 6.45) is 0.991. The van der Waals surface area contributed by atoms with Gasteiger partial charge in [-0.1, -0.05) is 40.2 Å². The van der Waals surface area contributed by atoms with Gasteiger partial charge in [-0.15, -0.1) is 0 Å². The van der Waals surface area contributed by atoms with Gasteiger partial charge in [0, 0.05) is 10.9 Å². The topological polar surface area (TPSA) is 26.3 Å². The number of carbonyl (C=O) groups excluding carboxylic acids is 1. The van der Waals surface area contributed by atoms with E-state index in [2.05, 4.69) is 15.9 Å². The van der Waals surface area contributed by atoms with Gasteiger partial charge in [0.1, 0.15) is 17.3 Å². The van der Waals surface area contributed by atoms with Crippen molar-refractivity contribution in [2.75, 3.05) is 6.61 Å². The minimum absolute atomic E-state index is 0.122. The van der Waals surface area contributed by atoms with E-state index in [0.29, 0.717) is 17.5 Å². The molecule has 1 aliphatic rings. The summed E-state index contributed by atoms with van der Waals surface area (Å²) in [6.45, 7) is 0.411. The Bertz CT molecular complexity index is 684. The molecule has 108 valence electrons. The molecule has 21 heavy (non-hydrogen) atoms. The number of halogens is 2. The molecule has 2 nitrogen and oxygen atoms in total. The first kappa shape index (κ1) is 14.3. The van der Waals surface area contributed by atoms with Crippen LogP contribution in [0.1, 0.15) is 11.1 Å². The first-order valence-corrected chi connectivity index (χ1v) is 7.60. The minimum atomic E-state index is -0.312. The molecule has 0 saturated heterocycles. The Kier molecular flexibility index (Phi) is 4.06. The Hall–Kier alpha value is -1.68. The molecule has 2 aromatic rings. The Morgan fingerprint density at radius 1 is 1.29 bits per heavy atom. The highest BCUT2D eigenvalue weighted by molar-refractivity contribution is 9.10. The first-order valence-electron chi connectivity index (χ1n) is 6.81. The van der Waals surface area contributed by atoms with E-state index in [9.17, 15) is 9.18 Å². The number of hydrogen-bond acceptors (Lipinski definition) is 2. The van der Waals surface area contributed by atoms with Gasteiger partial charge >= 0.3 is 0 Å². The number of fused-ring (bicyclic) bond motifs is 1. The van der Waals surface area contributed by atoms with Crippen molar-refractivity contribution in [3.05, 3.63) is 63.9 Å². The molecule has 0 saturated carbocycles. The zero-order valence-corrected chi connectivity index (χ0v) is 12.9. The van der Waals surface area contributed by atoms with Gasteiger partial charge in [-0.25, -0.2) is 4.39 Å². The molecular formula is C17H14BrFO2. The maximum atomic E-state index is 13.1. The summed E-state index contributed by atoms with van der Waals surface area (Å²) >= 11 is 3.30. The second-order valence-corrected chi connectivity index (χ2v) is 6.05. The first-order chi connectivity index (χ1) is 10.1. The van der Waals surface area contributed by atoms with Crippen LogP contribution in [0.2, 0.25) is 0 Å². The molecule has 0 amide bonds. The van der Waals surface area contributed by atoms with Gasteiger partial charge in [0.15, 0.2) is 0 Å². The number of carbonyl (C=O) groups is 1. The fraction of sp³-hybridized carbons (Fsp3) is 0.235. The molecule has 0 aliphatic carbocycles. The summed E-state index contributed by atoms with van der Waals surface area (Å²) < 4.78 is 19.4. The molecule has 0 radical (unpaired) electrons. The van der Waals surface area contributed by atoms with Gasteiger partial charge in [-0.3, -0.25) is 4.79 Å². The standard InChI is InChI=1S/C17H14BrFO2/c18-15-9-14(19)6-5-11(15)8-16(20)13-7-12-3-1-2-4-17(12)21-10-13/h1-6,9,13H,7-8,10H2. The minimum Gasteiger partial charge on any atom is -0.493 e. The Labute approximate surface area is 131 Å². The summed E-state index contributed by atoms with van der Waals surface area (Å²) in [5, 5.41) is 0. The monoisotopic (exact) mass is 348 g/mol. The van der Waals surface area contributed by atoms with Crippen LogP contribution in [-0.2, 0) is 17.6 Å². The molecule has 0 aromatic heterocycles. The van der Waals surface area contributed by atoms with Gasteiger partial charge in [-0.2, -0.15) is 0 Å². The van der Waals surface area contributed by atoms with Crippen molar-refractivity contribution in [1.82, 2.24) is 0 Å². The van der Waals surface area contributed by atoms with Crippen molar-refractivity contribution < 1.29 is 13.9 Å². The molecule has 0 spiro atoms. The molecule has 0 fully saturated rings. The molecule has 0 bridgehead atoms. The van der Waals surface area contributed by atoms with E-state index in [1.807, 2.05) is 24.3 Å². The van der Waals surface area contributed by atoms with E-state index in [0.717, 1.165) is 16.9 Å². The predicted molar refractivity (Wildman–Crippen MR) is 81.9 cm³/mol. The number of ketones is 1. The van der Waals surface area contributed by atoms with Crippen LogP contribution in [0, 0.1) is 11.7 Å². The predicted octanol–water partition coefficient (Wildman–Crippen LogP) is 3.95. The van der Waals surface area contributed by atoms with Gasteiger partial charge in [0.25, 0.3) is 0 Å². The van der Waals surface area contributed by atoms with Gasteiger partial charge in [-0.05, 0) is 35.7 Å². The summed E-state index contributed by atoms with van der Waals surface area (Å²) in [6, 6.07) is 12.2. The lowest BCUT2D eigenvalue weighted by Crippen LogP contribution is -2.29. The highest BCUT2D eigenvalue weighted by Crippen LogP contribution is 2.28. The normalized spacial score (nSPS) is 17.0. The molecular weight excluding hydrogens is 335 g/mol. The van der Waals surface area contributed by atoms with Crippen LogP contribution in [0.25, 0.3) is 0 Å². The van der Waals surface area contributed by atoms with Crippen molar-refractivity contribution >= 4 is 21.7 Å². The van der Waals surface area contributed by atoms with Crippen molar-refractivity contribution in [3.8, 4) is 5.75 Å². The highest BCUT2D eigenvalue weighted by atomic mass is 79.9. The average molecular weight is 349 g/mol. The third-order valence-electron chi connectivity index (χ3n) is 3.71. The van der Waals surface area contributed by atoms with E-state index in [4.69, 9.17) is 4.74 Å². The molecule has 1 unspecified atom stereocenters. The average Bonchev–Trinajstić information content (AvgIpc) is 2.49.